The lowest BCUT2D eigenvalue weighted by molar-refractivity contribution is 1.07. The molecule has 63 heavy (non-hydrogen) atoms. The molecule has 0 saturated heterocycles. The van der Waals surface area contributed by atoms with Gasteiger partial charge >= 0.3 is 0 Å². The van der Waals surface area contributed by atoms with E-state index in [1.807, 2.05) is 127 Å². The van der Waals surface area contributed by atoms with Crippen LogP contribution in [0.15, 0.2) is 218 Å². The third kappa shape index (κ3) is 7.58. The van der Waals surface area contributed by atoms with Crippen LogP contribution in [0.3, 0.4) is 0 Å². The molecule has 10 rings (SSSR count). The minimum Gasteiger partial charge on any atom is -0.398 e. The van der Waals surface area contributed by atoms with Gasteiger partial charge in [0.25, 0.3) is 0 Å². The van der Waals surface area contributed by atoms with Crippen LogP contribution in [0.2, 0.25) is 0 Å². The lowest BCUT2D eigenvalue weighted by Crippen LogP contribution is -2.18. The van der Waals surface area contributed by atoms with Gasteiger partial charge in [0.15, 0.2) is 17.5 Å². The highest BCUT2D eigenvalue weighted by Gasteiger charge is 2.23. The van der Waals surface area contributed by atoms with Gasteiger partial charge in [0.05, 0.1) is 11.4 Å². The Kier molecular flexibility index (Phi) is 10.3. The number of benzene rings is 8. The van der Waals surface area contributed by atoms with Gasteiger partial charge < -0.3 is 5.73 Å². The normalized spacial score (nSPS) is 12.4. The van der Waals surface area contributed by atoms with Gasteiger partial charge in [-0.3, -0.25) is 10.8 Å². The van der Waals surface area contributed by atoms with Gasteiger partial charge in [-0.2, -0.15) is 0 Å². The van der Waals surface area contributed by atoms with Crippen LogP contribution in [0.4, 0.5) is 5.69 Å². The standard InChI is InChI=1S/C57H40N6/c58-52-32-14-13-30-50(52)49-29-11-12-31-51(49)57-62-55(38-19-5-2-6-20-38)61-56(63-57)42-24-16-22-40(36-42)44-26-8-10-28-48(44)47-27-9-7-25-43(47)39-21-15-23-41(35-39)46-34-33-45(53(59)54(46)60)37-17-3-1-4-18-37/h1-36,59-60H,58H2. The molecule has 6 nitrogen and oxygen atoms in total. The SMILES string of the molecule is N=C1C(=N)C(c2cccc(-c3ccccc3-c3ccccc3-c3cccc(-c4nc(-c5ccccc5)nc(-c5ccccc5-c5ccccc5N)n4)c3)c2)=CC=C1c1ccccc1. The fourth-order valence-corrected chi connectivity index (χ4v) is 8.32. The zero-order chi connectivity index (χ0) is 42.7. The summed E-state index contributed by atoms with van der Waals surface area (Å²) in [6.07, 6.45) is 3.92. The second-order valence-corrected chi connectivity index (χ2v) is 15.3. The van der Waals surface area contributed by atoms with Gasteiger partial charge in [0.2, 0.25) is 0 Å². The Morgan fingerprint density at radius 2 is 0.651 bits per heavy atom. The van der Waals surface area contributed by atoms with Crippen molar-refractivity contribution >= 4 is 28.3 Å². The molecule has 0 saturated carbocycles. The number of rotatable bonds is 9. The number of nitrogens with zero attached hydrogens (tertiary/aromatic N) is 3. The maximum atomic E-state index is 9.04. The molecule has 0 atom stereocenters. The van der Waals surface area contributed by atoms with Crippen LogP contribution in [0.5, 0.6) is 0 Å². The van der Waals surface area contributed by atoms with Gasteiger partial charge in [-0.15, -0.1) is 0 Å². The summed E-state index contributed by atoms with van der Waals surface area (Å²) in [6, 6.07) is 69.4. The van der Waals surface area contributed by atoms with E-state index in [4.69, 9.17) is 31.5 Å². The Balaban J connectivity index is 1.05. The molecule has 0 unspecified atom stereocenters. The number of para-hydroxylation sites is 1. The van der Waals surface area contributed by atoms with Gasteiger partial charge in [0.1, 0.15) is 0 Å². The van der Waals surface area contributed by atoms with Gasteiger partial charge in [-0.25, -0.2) is 15.0 Å². The molecule has 0 fully saturated rings. The van der Waals surface area contributed by atoms with Crippen molar-refractivity contribution in [3.8, 4) is 78.7 Å². The van der Waals surface area contributed by atoms with E-state index in [9.17, 15) is 0 Å². The van der Waals surface area contributed by atoms with Crippen LogP contribution in [0.25, 0.3) is 89.8 Å². The van der Waals surface area contributed by atoms with E-state index in [2.05, 4.69) is 91.0 Å². The largest absolute Gasteiger partial charge is 0.398 e. The molecule has 1 heterocycles. The van der Waals surface area contributed by atoms with Gasteiger partial charge in [0, 0.05) is 39.1 Å². The van der Waals surface area contributed by atoms with E-state index in [1.54, 1.807) is 0 Å². The molecule has 0 bridgehead atoms. The molecule has 0 radical (unpaired) electrons. The number of aromatic nitrogens is 3. The summed E-state index contributed by atoms with van der Waals surface area (Å²) in [4.78, 5) is 15.3. The topological polar surface area (TPSA) is 112 Å². The first-order valence-electron chi connectivity index (χ1n) is 20.8. The average Bonchev–Trinajstić information content (AvgIpc) is 3.35. The van der Waals surface area contributed by atoms with E-state index in [0.29, 0.717) is 23.2 Å². The van der Waals surface area contributed by atoms with Crippen molar-refractivity contribution in [1.29, 1.82) is 10.8 Å². The Morgan fingerprint density at radius 1 is 0.286 bits per heavy atom. The van der Waals surface area contributed by atoms with Crippen LogP contribution in [-0.2, 0) is 0 Å². The molecule has 0 spiro atoms. The molecule has 0 amide bonds. The van der Waals surface area contributed by atoms with E-state index >= 15 is 0 Å². The summed E-state index contributed by atoms with van der Waals surface area (Å²) >= 11 is 0. The van der Waals surface area contributed by atoms with Crippen LogP contribution in [-0.4, -0.2) is 26.4 Å². The second-order valence-electron chi connectivity index (χ2n) is 15.3. The number of nitrogens with two attached hydrogens (primary N) is 1. The van der Waals surface area contributed by atoms with Crippen molar-refractivity contribution in [1.82, 2.24) is 15.0 Å². The molecule has 1 aliphatic rings. The molecule has 1 aliphatic carbocycles. The predicted molar refractivity (Wildman–Crippen MR) is 260 cm³/mol. The van der Waals surface area contributed by atoms with Crippen LogP contribution >= 0.6 is 0 Å². The second kappa shape index (κ2) is 16.8. The summed E-state index contributed by atoms with van der Waals surface area (Å²) in [6.45, 7) is 0. The van der Waals surface area contributed by atoms with Crippen LogP contribution in [0.1, 0.15) is 11.1 Å². The number of anilines is 1. The molecule has 6 heteroatoms. The molecule has 4 N–H and O–H groups in total. The van der Waals surface area contributed by atoms with Crippen molar-refractivity contribution in [2.24, 2.45) is 0 Å². The van der Waals surface area contributed by atoms with Crippen molar-refractivity contribution in [2.45, 2.75) is 0 Å². The van der Waals surface area contributed by atoms with Crippen LogP contribution in [0, 0.1) is 10.8 Å². The lowest BCUT2D eigenvalue weighted by atomic mass is 9.85. The highest BCUT2D eigenvalue weighted by molar-refractivity contribution is 6.68. The van der Waals surface area contributed by atoms with Crippen molar-refractivity contribution in [2.75, 3.05) is 5.73 Å². The number of allylic oxidation sites excluding steroid dienone is 4. The van der Waals surface area contributed by atoms with E-state index < -0.39 is 0 Å². The third-order valence-corrected chi connectivity index (χ3v) is 11.4. The molecular formula is C57H40N6. The van der Waals surface area contributed by atoms with Gasteiger partial charge in [-0.1, -0.05) is 200 Å². The average molecular weight is 809 g/mol. The number of hydrogen-bond donors (Lipinski definition) is 3. The fourth-order valence-electron chi connectivity index (χ4n) is 8.32. The summed E-state index contributed by atoms with van der Waals surface area (Å²) in [5, 5.41) is 17.9. The Morgan fingerprint density at radius 3 is 1.22 bits per heavy atom. The van der Waals surface area contributed by atoms with E-state index in [1.165, 1.54) is 0 Å². The first kappa shape index (κ1) is 38.6. The maximum absolute atomic E-state index is 9.04. The smallest absolute Gasteiger partial charge is 0.164 e. The quantitative estimate of drug-likeness (QED) is 0.0995. The summed E-state index contributed by atoms with van der Waals surface area (Å²) < 4.78 is 0. The van der Waals surface area contributed by atoms with Crippen molar-refractivity contribution in [3.63, 3.8) is 0 Å². The Labute approximate surface area is 366 Å². The minimum atomic E-state index is 0.207. The summed E-state index contributed by atoms with van der Waals surface area (Å²) in [5.41, 5.74) is 21.7. The minimum absolute atomic E-state index is 0.207. The fraction of sp³-hybridized carbons (Fsp3) is 0. The zero-order valence-corrected chi connectivity index (χ0v) is 34.2. The zero-order valence-electron chi connectivity index (χ0n) is 34.2. The molecular weight excluding hydrogens is 769 g/mol. The van der Waals surface area contributed by atoms with E-state index in [0.717, 1.165) is 83.5 Å². The summed E-state index contributed by atoms with van der Waals surface area (Å²) in [5.74, 6) is 1.70. The van der Waals surface area contributed by atoms with Crippen LogP contribution < -0.4 is 5.73 Å². The molecule has 0 aliphatic heterocycles. The monoisotopic (exact) mass is 808 g/mol. The first-order chi connectivity index (χ1) is 31.0. The maximum Gasteiger partial charge on any atom is 0.164 e. The number of nitrogens with one attached hydrogen (secondary N) is 2. The molecule has 9 aromatic rings. The number of hydrogen-bond acceptors (Lipinski definition) is 6. The Hall–Kier alpha value is -8.61. The molecule has 298 valence electrons. The number of nitrogen functional groups attached to an aromatic ring is 1. The third-order valence-electron chi connectivity index (χ3n) is 11.4. The molecule has 8 aromatic carbocycles. The van der Waals surface area contributed by atoms with Crippen molar-refractivity contribution < 1.29 is 0 Å². The van der Waals surface area contributed by atoms with Crippen molar-refractivity contribution in [3.05, 3.63) is 230 Å². The molecule has 1 aromatic heterocycles. The first-order valence-corrected chi connectivity index (χ1v) is 20.8. The summed E-state index contributed by atoms with van der Waals surface area (Å²) in [7, 11) is 0. The van der Waals surface area contributed by atoms with E-state index in [-0.39, 0.29) is 11.4 Å². The van der Waals surface area contributed by atoms with Gasteiger partial charge in [-0.05, 0) is 68.3 Å². The lowest BCUT2D eigenvalue weighted by Gasteiger charge is -2.19. The predicted octanol–water partition coefficient (Wildman–Crippen LogP) is 13.6. The Bertz CT molecular complexity index is 3270. The highest BCUT2D eigenvalue weighted by atomic mass is 15.0. The highest BCUT2D eigenvalue weighted by Crippen LogP contribution is 2.41.